The molecule has 0 aliphatic carbocycles. The average Bonchev–Trinajstić information content (AvgIpc) is 2.31. The molecule has 0 saturated carbocycles. The fourth-order valence-corrected chi connectivity index (χ4v) is 1.37. The molecule has 0 aliphatic rings. The van der Waals surface area contributed by atoms with Gasteiger partial charge >= 0.3 is 0 Å². The third kappa shape index (κ3) is 3.70. The number of rotatable bonds is 5. The lowest BCUT2D eigenvalue weighted by Gasteiger charge is -2.00. The van der Waals surface area contributed by atoms with E-state index in [2.05, 4.69) is 31.3 Å². The number of nitrogens with zero attached hydrogens (tertiary/aromatic N) is 1. The van der Waals surface area contributed by atoms with Crippen LogP contribution >= 0.6 is 0 Å². The van der Waals surface area contributed by atoms with Crippen molar-refractivity contribution in [1.82, 2.24) is 0 Å². The summed E-state index contributed by atoms with van der Waals surface area (Å²) < 4.78 is 0. The number of hydrogen-bond donors (Lipinski definition) is 0. The van der Waals surface area contributed by atoms with Crippen molar-refractivity contribution < 1.29 is 0 Å². The van der Waals surface area contributed by atoms with E-state index in [1.807, 2.05) is 42.5 Å². The topological polar surface area (TPSA) is 12.4 Å². The van der Waals surface area contributed by atoms with E-state index in [0.29, 0.717) is 0 Å². The second kappa shape index (κ2) is 6.57. The first-order valence-electron chi connectivity index (χ1n) is 5.28. The maximum atomic E-state index is 4.03. The van der Waals surface area contributed by atoms with Gasteiger partial charge in [0, 0.05) is 5.56 Å². The standard InChI is InChI=1S/C15H17N/c1-4-8-13(2)11-12-15(16-3)14-9-6-5-7-10-14/h4-7,9-12H,1,3,8H2,2H3/b13-11+,15-12-. The Morgan fingerprint density at radius 3 is 2.50 bits per heavy atom. The Hall–Kier alpha value is -1.89. The minimum atomic E-state index is 0.893. The van der Waals surface area contributed by atoms with Gasteiger partial charge in [-0.3, -0.25) is 4.99 Å². The highest BCUT2D eigenvalue weighted by Gasteiger charge is 1.95. The lowest BCUT2D eigenvalue weighted by atomic mass is 10.1. The molecule has 1 rings (SSSR count). The average molecular weight is 211 g/mol. The molecule has 82 valence electrons. The normalized spacial score (nSPS) is 12.3. The lowest BCUT2D eigenvalue weighted by molar-refractivity contribution is 1.22. The van der Waals surface area contributed by atoms with E-state index in [1.165, 1.54) is 5.57 Å². The smallest absolute Gasteiger partial charge is 0.0694 e. The zero-order valence-corrected chi connectivity index (χ0v) is 9.69. The lowest BCUT2D eigenvalue weighted by Crippen LogP contribution is -1.79. The van der Waals surface area contributed by atoms with E-state index in [0.717, 1.165) is 17.7 Å². The zero-order chi connectivity index (χ0) is 11.8. The summed E-state index contributed by atoms with van der Waals surface area (Å²) in [5.41, 5.74) is 3.23. The van der Waals surface area contributed by atoms with Crippen LogP contribution in [0.1, 0.15) is 18.9 Å². The Bertz CT molecular complexity index is 410. The highest BCUT2D eigenvalue weighted by atomic mass is 14.7. The monoisotopic (exact) mass is 211 g/mol. The van der Waals surface area contributed by atoms with Gasteiger partial charge < -0.3 is 0 Å². The van der Waals surface area contributed by atoms with Crippen LogP contribution in [0.5, 0.6) is 0 Å². The van der Waals surface area contributed by atoms with Gasteiger partial charge in [0.2, 0.25) is 0 Å². The minimum Gasteiger partial charge on any atom is -0.264 e. The summed E-state index contributed by atoms with van der Waals surface area (Å²) >= 11 is 0. The molecule has 0 aliphatic heterocycles. The van der Waals surface area contributed by atoms with Crippen molar-refractivity contribution in [2.75, 3.05) is 0 Å². The molecule has 0 saturated heterocycles. The molecule has 1 heteroatoms. The number of benzene rings is 1. The first-order valence-corrected chi connectivity index (χ1v) is 5.28. The molecule has 1 aromatic carbocycles. The van der Waals surface area contributed by atoms with Crippen molar-refractivity contribution in [3.8, 4) is 0 Å². The van der Waals surface area contributed by atoms with Crippen molar-refractivity contribution in [1.29, 1.82) is 0 Å². The van der Waals surface area contributed by atoms with Gasteiger partial charge in [-0.25, -0.2) is 0 Å². The van der Waals surface area contributed by atoms with E-state index < -0.39 is 0 Å². The summed E-state index contributed by atoms with van der Waals surface area (Å²) in [6, 6.07) is 10.0. The third-order valence-corrected chi connectivity index (χ3v) is 2.23. The Labute approximate surface area is 97.5 Å². The van der Waals surface area contributed by atoms with Crippen molar-refractivity contribution in [3.63, 3.8) is 0 Å². The van der Waals surface area contributed by atoms with Crippen LogP contribution in [-0.4, -0.2) is 6.72 Å². The van der Waals surface area contributed by atoms with E-state index in [9.17, 15) is 0 Å². The summed E-state index contributed by atoms with van der Waals surface area (Å²) in [5.74, 6) is 0. The molecular formula is C15H17N. The molecule has 16 heavy (non-hydrogen) atoms. The van der Waals surface area contributed by atoms with Crippen molar-refractivity contribution >= 4 is 12.4 Å². The first-order chi connectivity index (χ1) is 7.77. The summed E-state index contributed by atoms with van der Waals surface area (Å²) in [6.07, 6.45) is 6.83. The van der Waals surface area contributed by atoms with E-state index >= 15 is 0 Å². The highest BCUT2D eigenvalue weighted by Crippen LogP contribution is 2.15. The van der Waals surface area contributed by atoms with E-state index in [4.69, 9.17) is 0 Å². The van der Waals surface area contributed by atoms with Crippen LogP contribution in [-0.2, 0) is 0 Å². The molecule has 1 aromatic rings. The molecule has 0 amide bonds. The third-order valence-electron chi connectivity index (χ3n) is 2.23. The van der Waals surface area contributed by atoms with Gasteiger partial charge in [-0.05, 0) is 26.1 Å². The molecule has 0 heterocycles. The predicted octanol–water partition coefficient (Wildman–Crippen LogP) is 4.25. The van der Waals surface area contributed by atoms with Gasteiger partial charge in [0.25, 0.3) is 0 Å². The van der Waals surface area contributed by atoms with Crippen LogP contribution < -0.4 is 0 Å². The molecule has 0 radical (unpaired) electrons. The van der Waals surface area contributed by atoms with Gasteiger partial charge in [-0.1, -0.05) is 48.1 Å². The van der Waals surface area contributed by atoms with E-state index in [-0.39, 0.29) is 0 Å². The number of allylic oxidation sites excluding steroid dienone is 4. The van der Waals surface area contributed by atoms with Gasteiger partial charge in [0.1, 0.15) is 0 Å². The van der Waals surface area contributed by atoms with Crippen LogP contribution in [0.4, 0.5) is 0 Å². The van der Waals surface area contributed by atoms with Crippen LogP contribution in [0.15, 0.2) is 65.7 Å². The van der Waals surface area contributed by atoms with Crippen LogP contribution in [0, 0.1) is 0 Å². The Morgan fingerprint density at radius 1 is 1.25 bits per heavy atom. The first kappa shape index (κ1) is 12.2. The summed E-state index contributed by atoms with van der Waals surface area (Å²) in [6.45, 7) is 9.38. The molecule has 0 aromatic heterocycles. The van der Waals surface area contributed by atoms with Crippen molar-refractivity contribution in [2.45, 2.75) is 13.3 Å². The summed E-state index contributed by atoms with van der Waals surface area (Å²) in [5, 5.41) is 0. The Balaban J connectivity index is 2.91. The number of hydrogen-bond acceptors (Lipinski definition) is 1. The van der Waals surface area contributed by atoms with Crippen molar-refractivity contribution in [2.24, 2.45) is 4.99 Å². The summed E-state index contributed by atoms with van der Waals surface area (Å²) in [7, 11) is 0. The molecule has 0 bridgehead atoms. The zero-order valence-electron chi connectivity index (χ0n) is 9.69. The van der Waals surface area contributed by atoms with Gasteiger partial charge in [0.15, 0.2) is 0 Å². The predicted molar refractivity (Wildman–Crippen MR) is 72.5 cm³/mol. The molecular weight excluding hydrogens is 194 g/mol. The Kier molecular flexibility index (Phi) is 5.00. The molecule has 0 unspecified atom stereocenters. The maximum Gasteiger partial charge on any atom is 0.0694 e. The van der Waals surface area contributed by atoms with Crippen LogP contribution in [0.25, 0.3) is 5.70 Å². The van der Waals surface area contributed by atoms with Crippen LogP contribution in [0.2, 0.25) is 0 Å². The second-order valence-electron chi connectivity index (χ2n) is 3.58. The SMILES string of the molecule is C=CC/C(C)=C/C=C(\N=C)c1ccccc1. The fraction of sp³-hybridized carbons (Fsp3) is 0.133. The van der Waals surface area contributed by atoms with Crippen LogP contribution in [0.3, 0.4) is 0 Å². The van der Waals surface area contributed by atoms with Gasteiger partial charge in [-0.15, -0.1) is 6.58 Å². The fourth-order valence-electron chi connectivity index (χ4n) is 1.37. The van der Waals surface area contributed by atoms with Gasteiger partial charge in [0.05, 0.1) is 5.70 Å². The minimum absolute atomic E-state index is 0.893. The largest absolute Gasteiger partial charge is 0.264 e. The van der Waals surface area contributed by atoms with E-state index in [1.54, 1.807) is 0 Å². The Morgan fingerprint density at radius 2 is 1.94 bits per heavy atom. The molecule has 0 N–H and O–H groups in total. The number of aliphatic imine (C=N–C) groups is 1. The molecule has 0 fully saturated rings. The molecule has 1 nitrogen and oxygen atoms in total. The molecule has 0 atom stereocenters. The summed E-state index contributed by atoms with van der Waals surface area (Å²) in [4.78, 5) is 4.03. The second-order valence-corrected chi connectivity index (χ2v) is 3.58. The molecule has 0 spiro atoms. The highest BCUT2D eigenvalue weighted by molar-refractivity contribution is 5.69. The van der Waals surface area contributed by atoms with Crippen molar-refractivity contribution in [3.05, 3.63) is 66.3 Å². The quantitative estimate of drug-likeness (QED) is 0.392. The maximum absolute atomic E-state index is 4.03. The van der Waals surface area contributed by atoms with Gasteiger partial charge in [-0.2, -0.15) is 0 Å².